The third-order valence-electron chi connectivity index (χ3n) is 2.87. The molecule has 0 aliphatic carbocycles. The summed E-state index contributed by atoms with van der Waals surface area (Å²) >= 11 is 5.84. The Morgan fingerprint density at radius 3 is 2.62 bits per heavy atom. The lowest BCUT2D eigenvalue weighted by Gasteiger charge is -2.18. The molecule has 1 N–H and O–H groups in total. The average molecular weight is 313 g/mol. The van der Waals surface area contributed by atoms with Crippen LogP contribution in [0.1, 0.15) is 25.8 Å². The molecule has 1 aromatic carbocycles. The summed E-state index contributed by atoms with van der Waals surface area (Å²) in [6.45, 7) is 6.87. The molecule has 0 atom stereocenters. The molecule has 0 radical (unpaired) electrons. The zero-order valence-corrected chi connectivity index (χ0v) is 13.8. The summed E-state index contributed by atoms with van der Waals surface area (Å²) in [5.74, 6) is 0.546. The second kappa shape index (κ2) is 9.64. The van der Waals surface area contributed by atoms with E-state index in [0.29, 0.717) is 30.6 Å². The van der Waals surface area contributed by atoms with E-state index in [2.05, 4.69) is 19.2 Å². The summed E-state index contributed by atoms with van der Waals surface area (Å²) in [7, 11) is 1.78. The Bertz CT molecular complexity index is 421. The van der Waals surface area contributed by atoms with Crippen molar-refractivity contribution in [2.24, 2.45) is 5.92 Å². The SMILES string of the molecule is CC(C)COCCCNC(=O)N(C)Cc1ccc(Cl)cc1. The van der Waals surface area contributed by atoms with Gasteiger partial charge in [0.25, 0.3) is 0 Å². The molecule has 0 aromatic heterocycles. The van der Waals surface area contributed by atoms with Crippen molar-refractivity contribution in [2.45, 2.75) is 26.8 Å². The number of ether oxygens (including phenoxy) is 1. The summed E-state index contributed by atoms with van der Waals surface area (Å²) in [6, 6.07) is 7.43. The number of carbonyl (C=O) groups excluding carboxylic acids is 1. The number of hydrogen-bond acceptors (Lipinski definition) is 2. The van der Waals surface area contributed by atoms with Crippen molar-refractivity contribution in [3.05, 3.63) is 34.9 Å². The number of halogens is 1. The van der Waals surface area contributed by atoms with Crippen molar-refractivity contribution < 1.29 is 9.53 Å². The number of amides is 2. The molecule has 4 nitrogen and oxygen atoms in total. The van der Waals surface area contributed by atoms with Crippen molar-refractivity contribution in [1.82, 2.24) is 10.2 Å². The van der Waals surface area contributed by atoms with Gasteiger partial charge < -0.3 is 15.0 Å². The van der Waals surface area contributed by atoms with E-state index < -0.39 is 0 Å². The largest absolute Gasteiger partial charge is 0.381 e. The second-order valence-electron chi connectivity index (χ2n) is 5.54. The highest BCUT2D eigenvalue weighted by Crippen LogP contribution is 2.10. The topological polar surface area (TPSA) is 41.6 Å². The lowest BCUT2D eigenvalue weighted by atomic mass is 10.2. The van der Waals surface area contributed by atoms with E-state index in [1.807, 2.05) is 24.3 Å². The molecular weight excluding hydrogens is 288 g/mol. The van der Waals surface area contributed by atoms with Crippen LogP contribution in [-0.4, -0.2) is 37.7 Å². The first-order valence-electron chi connectivity index (χ1n) is 7.30. The first-order chi connectivity index (χ1) is 9.99. The van der Waals surface area contributed by atoms with Crippen molar-refractivity contribution in [3.8, 4) is 0 Å². The van der Waals surface area contributed by atoms with Gasteiger partial charge in [-0.3, -0.25) is 0 Å². The fraction of sp³-hybridized carbons (Fsp3) is 0.562. The maximum absolute atomic E-state index is 11.9. The maximum atomic E-state index is 11.9. The third-order valence-corrected chi connectivity index (χ3v) is 3.12. The molecule has 0 saturated heterocycles. The Balaban J connectivity index is 2.18. The van der Waals surface area contributed by atoms with Crippen LogP contribution in [-0.2, 0) is 11.3 Å². The van der Waals surface area contributed by atoms with Gasteiger partial charge in [-0.15, -0.1) is 0 Å². The molecular formula is C16H25ClN2O2. The smallest absolute Gasteiger partial charge is 0.317 e. The number of nitrogens with one attached hydrogen (secondary N) is 1. The van der Waals surface area contributed by atoms with E-state index in [-0.39, 0.29) is 6.03 Å². The highest BCUT2D eigenvalue weighted by Gasteiger charge is 2.08. The standard InChI is InChI=1S/C16H25ClN2O2/c1-13(2)12-21-10-4-9-18-16(20)19(3)11-14-5-7-15(17)8-6-14/h5-8,13H,4,9-12H2,1-3H3,(H,18,20). The van der Waals surface area contributed by atoms with Crippen LogP contribution in [0.5, 0.6) is 0 Å². The van der Waals surface area contributed by atoms with Crippen LogP contribution in [0.15, 0.2) is 24.3 Å². The first kappa shape index (κ1) is 17.8. The lowest BCUT2D eigenvalue weighted by Crippen LogP contribution is -2.37. The van der Waals surface area contributed by atoms with Crippen LogP contribution in [0.3, 0.4) is 0 Å². The Kier molecular flexibility index (Phi) is 8.16. The summed E-state index contributed by atoms with van der Waals surface area (Å²) in [5.41, 5.74) is 1.05. The van der Waals surface area contributed by atoms with Crippen LogP contribution < -0.4 is 5.32 Å². The van der Waals surface area contributed by atoms with Gasteiger partial charge in [0.1, 0.15) is 0 Å². The summed E-state index contributed by atoms with van der Waals surface area (Å²) in [4.78, 5) is 13.6. The number of urea groups is 1. The van der Waals surface area contributed by atoms with E-state index in [1.54, 1.807) is 11.9 Å². The zero-order chi connectivity index (χ0) is 15.7. The van der Waals surface area contributed by atoms with Gasteiger partial charge >= 0.3 is 6.03 Å². The van der Waals surface area contributed by atoms with Gasteiger partial charge in [0, 0.05) is 38.4 Å². The molecule has 0 aliphatic heterocycles. The quantitative estimate of drug-likeness (QED) is 0.746. The second-order valence-corrected chi connectivity index (χ2v) is 5.97. The van der Waals surface area contributed by atoms with E-state index in [9.17, 15) is 4.79 Å². The van der Waals surface area contributed by atoms with E-state index in [4.69, 9.17) is 16.3 Å². The predicted molar refractivity (Wildman–Crippen MR) is 86.6 cm³/mol. The fourth-order valence-electron chi connectivity index (χ4n) is 1.76. The summed E-state index contributed by atoms with van der Waals surface area (Å²) < 4.78 is 5.47. The Morgan fingerprint density at radius 2 is 2.00 bits per heavy atom. The van der Waals surface area contributed by atoms with Gasteiger partial charge in [-0.2, -0.15) is 0 Å². The monoisotopic (exact) mass is 312 g/mol. The van der Waals surface area contributed by atoms with E-state index >= 15 is 0 Å². The molecule has 0 aliphatic rings. The molecule has 118 valence electrons. The fourth-order valence-corrected chi connectivity index (χ4v) is 1.89. The van der Waals surface area contributed by atoms with Gasteiger partial charge in [-0.1, -0.05) is 37.6 Å². The molecule has 2 amide bonds. The molecule has 0 unspecified atom stereocenters. The average Bonchev–Trinajstić information content (AvgIpc) is 2.44. The summed E-state index contributed by atoms with van der Waals surface area (Å²) in [6.07, 6.45) is 0.827. The van der Waals surface area contributed by atoms with E-state index in [1.165, 1.54) is 0 Å². The van der Waals surface area contributed by atoms with Crippen LogP contribution in [0, 0.1) is 5.92 Å². The zero-order valence-electron chi connectivity index (χ0n) is 13.1. The number of carbonyl (C=O) groups is 1. The normalized spacial score (nSPS) is 10.7. The Morgan fingerprint density at radius 1 is 1.33 bits per heavy atom. The molecule has 1 aromatic rings. The Hall–Kier alpha value is -1.26. The van der Waals surface area contributed by atoms with Crippen molar-refractivity contribution in [3.63, 3.8) is 0 Å². The molecule has 0 fully saturated rings. The highest BCUT2D eigenvalue weighted by atomic mass is 35.5. The van der Waals surface area contributed by atoms with E-state index in [0.717, 1.165) is 18.6 Å². The van der Waals surface area contributed by atoms with Crippen molar-refractivity contribution in [2.75, 3.05) is 26.8 Å². The minimum atomic E-state index is -0.0752. The maximum Gasteiger partial charge on any atom is 0.317 e. The Labute approximate surface area is 132 Å². The molecule has 0 bridgehead atoms. The van der Waals surface area contributed by atoms with Gasteiger partial charge in [-0.05, 0) is 30.0 Å². The molecule has 0 spiro atoms. The van der Waals surface area contributed by atoms with Gasteiger partial charge in [-0.25, -0.2) is 4.79 Å². The molecule has 1 rings (SSSR count). The molecule has 0 saturated carbocycles. The van der Waals surface area contributed by atoms with Crippen LogP contribution in [0.4, 0.5) is 4.79 Å². The van der Waals surface area contributed by atoms with Crippen LogP contribution in [0.25, 0.3) is 0 Å². The highest BCUT2D eigenvalue weighted by molar-refractivity contribution is 6.30. The molecule has 5 heteroatoms. The minimum absolute atomic E-state index is 0.0752. The van der Waals surface area contributed by atoms with Gasteiger partial charge in [0.15, 0.2) is 0 Å². The first-order valence-corrected chi connectivity index (χ1v) is 7.68. The third kappa shape index (κ3) is 7.93. The van der Waals surface area contributed by atoms with Crippen LogP contribution in [0.2, 0.25) is 5.02 Å². The summed E-state index contributed by atoms with van der Waals surface area (Å²) in [5, 5.41) is 3.58. The number of benzene rings is 1. The molecule has 21 heavy (non-hydrogen) atoms. The minimum Gasteiger partial charge on any atom is -0.381 e. The predicted octanol–water partition coefficient (Wildman–Crippen LogP) is 3.54. The number of hydrogen-bond donors (Lipinski definition) is 1. The molecule has 0 heterocycles. The lowest BCUT2D eigenvalue weighted by molar-refractivity contribution is 0.108. The number of rotatable bonds is 8. The van der Waals surface area contributed by atoms with Crippen molar-refractivity contribution >= 4 is 17.6 Å². The van der Waals surface area contributed by atoms with Crippen LogP contribution >= 0.6 is 11.6 Å². The van der Waals surface area contributed by atoms with Gasteiger partial charge in [0.2, 0.25) is 0 Å². The van der Waals surface area contributed by atoms with Gasteiger partial charge in [0.05, 0.1) is 0 Å². The number of nitrogens with zero attached hydrogens (tertiary/aromatic N) is 1. The van der Waals surface area contributed by atoms with Crippen molar-refractivity contribution in [1.29, 1.82) is 0 Å².